The Morgan fingerprint density at radius 3 is 2.70 bits per heavy atom. The van der Waals surface area contributed by atoms with Gasteiger partial charge in [0.05, 0.1) is 17.0 Å². The number of hydrogen-bond acceptors (Lipinski definition) is 5. The highest BCUT2D eigenvalue weighted by Gasteiger charge is 2.36. The van der Waals surface area contributed by atoms with E-state index in [2.05, 4.69) is 10.1 Å². The average molecular weight is 328 g/mol. The van der Waals surface area contributed by atoms with Crippen LogP contribution < -0.4 is 5.56 Å². The number of H-pyrrole nitrogens is 1. The maximum atomic E-state index is 12.7. The molecule has 0 spiro atoms. The molecule has 2 aromatic rings. The molecule has 23 heavy (non-hydrogen) atoms. The molecule has 1 aliphatic rings. The first-order chi connectivity index (χ1) is 10.8. The zero-order chi connectivity index (χ0) is 16.8. The quantitative estimate of drug-likeness (QED) is 0.912. The van der Waals surface area contributed by atoms with Gasteiger partial charge in [-0.05, 0) is 13.8 Å². The van der Waals surface area contributed by atoms with E-state index in [1.807, 2.05) is 16.8 Å². The number of halogens is 3. The van der Waals surface area contributed by atoms with Crippen LogP contribution in [0.1, 0.15) is 34.1 Å². The van der Waals surface area contributed by atoms with Gasteiger partial charge in [-0.25, -0.2) is 4.98 Å². The van der Waals surface area contributed by atoms with E-state index in [-0.39, 0.29) is 17.8 Å². The summed E-state index contributed by atoms with van der Waals surface area (Å²) in [6, 6.07) is 0. The summed E-state index contributed by atoms with van der Waals surface area (Å²) in [7, 11) is 0. The monoisotopic (exact) mass is 328 g/mol. The Morgan fingerprint density at radius 2 is 2.09 bits per heavy atom. The summed E-state index contributed by atoms with van der Waals surface area (Å²) >= 11 is 0. The zero-order valence-corrected chi connectivity index (χ0v) is 12.6. The van der Waals surface area contributed by atoms with Gasteiger partial charge >= 0.3 is 6.18 Å². The Labute approximate surface area is 129 Å². The van der Waals surface area contributed by atoms with Gasteiger partial charge in [0.2, 0.25) is 5.82 Å². The molecule has 0 aromatic carbocycles. The van der Waals surface area contributed by atoms with Crippen LogP contribution in [0.15, 0.2) is 9.32 Å². The minimum Gasteiger partial charge on any atom is -0.361 e. The molecular weight excluding hydrogens is 313 g/mol. The Balaban J connectivity index is 1.86. The Hall–Kier alpha value is -2.16. The Bertz CT molecular complexity index is 775. The second-order valence-corrected chi connectivity index (χ2v) is 5.60. The second-order valence-electron chi connectivity index (χ2n) is 5.60. The fraction of sp³-hybridized carbons (Fsp3) is 0.500. The molecule has 0 saturated carbocycles. The van der Waals surface area contributed by atoms with Gasteiger partial charge in [-0.3, -0.25) is 9.69 Å². The third kappa shape index (κ3) is 3.00. The van der Waals surface area contributed by atoms with Crippen LogP contribution >= 0.6 is 0 Å². The van der Waals surface area contributed by atoms with Gasteiger partial charge in [0.1, 0.15) is 5.76 Å². The molecule has 0 unspecified atom stereocenters. The normalized spacial score (nSPS) is 15.7. The van der Waals surface area contributed by atoms with E-state index in [1.54, 1.807) is 6.92 Å². The lowest BCUT2D eigenvalue weighted by Crippen LogP contribution is -2.36. The number of nitrogens with zero attached hydrogens (tertiary/aromatic N) is 3. The van der Waals surface area contributed by atoms with Crippen molar-refractivity contribution in [3.8, 4) is 0 Å². The minimum absolute atomic E-state index is 0.219. The summed E-state index contributed by atoms with van der Waals surface area (Å²) in [6.45, 7) is 4.93. The number of nitrogens with one attached hydrogen (secondary N) is 1. The van der Waals surface area contributed by atoms with Crippen molar-refractivity contribution in [2.45, 2.75) is 39.5 Å². The SMILES string of the molecule is Cc1noc(C)c1CN1CCc2nc(C(F)(F)F)[nH]c(=O)c2C1. The number of aromatic nitrogens is 3. The highest BCUT2D eigenvalue weighted by Crippen LogP contribution is 2.27. The molecule has 0 amide bonds. The standard InChI is InChI=1S/C14H15F3N4O2/c1-7-9(8(2)23-20-7)5-21-4-3-11-10(6-21)12(22)19-13(18-11)14(15,16)17/h3-6H2,1-2H3,(H,18,19,22). The van der Waals surface area contributed by atoms with E-state index in [4.69, 9.17) is 4.52 Å². The summed E-state index contributed by atoms with van der Waals surface area (Å²) in [5.74, 6) is -0.534. The van der Waals surface area contributed by atoms with Gasteiger partial charge in [-0.15, -0.1) is 0 Å². The summed E-state index contributed by atoms with van der Waals surface area (Å²) in [4.78, 5) is 19.3. The molecule has 0 atom stereocenters. The van der Waals surface area contributed by atoms with Gasteiger partial charge in [0.15, 0.2) is 0 Å². The van der Waals surface area contributed by atoms with Crippen molar-refractivity contribution in [2.75, 3.05) is 6.54 Å². The molecule has 9 heteroatoms. The number of alkyl halides is 3. The van der Waals surface area contributed by atoms with E-state index in [9.17, 15) is 18.0 Å². The largest absolute Gasteiger partial charge is 0.449 e. The molecule has 0 fully saturated rings. The third-order valence-corrected chi connectivity index (χ3v) is 3.98. The lowest BCUT2D eigenvalue weighted by molar-refractivity contribution is -0.145. The molecule has 1 N–H and O–H groups in total. The smallest absolute Gasteiger partial charge is 0.361 e. The fourth-order valence-electron chi connectivity index (χ4n) is 2.70. The van der Waals surface area contributed by atoms with Crippen molar-refractivity contribution in [2.24, 2.45) is 0 Å². The van der Waals surface area contributed by atoms with E-state index in [0.717, 1.165) is 11.3 Å². The predicted molar refractivity (Wildman–Crippen MR) is 73.7 cm³/mol. The first kappa shape index (κ1) is 15.7. The number of fused-ring (bicyclic) bond motifs is 1. The first-order valence-corrected chi connectivity index (χ1v) is 7.09. The molecule has 0 saturated heterocycles. The van der Waals surface area contributed by atoms with Gasteiger partial charge in [0, 0.05) is 31.6 Å². The number of aryl methyl sites for hydroxylation is 2. The molecule has 124 valence electrons. The van der Waals surface area contributed by atoms with Crippen LogP contribution in [0.25, 0.3) is 0 Å². The Kier molecular flexibility index (Phi) is 3.75. The lowest BCUT2D eigenvalue weighted by atomic mass is 10.1. The summed E-state index contributed by atoms with van der Waals surface area (Å²) in [5.41, 5.74) is 1.48. The first-order valence-electron chi connectivity index (χ1n) is 7.09. The molecule has 0 radical (unpaired) electrons. The predicted octanol–water partition coefficient (Wildman–Crippen LogP) is 1.95. The molecule has 0 aliphatic carbocycles. The van der Waals surface area contributed by atoms with Crippen LogP contribution in [0.4, 0.5) is 13.2 Å². The maximum absolute atomic E-state index is 12.7. The van der Waals surface area contributed by atoms with Crippen molar-refractivity contribution < 1.29 is 17.7 Å². The molecule has 6 nitrogen and oxygen atoms in total. The summed E-state index contributed by atoms with van der Waals surface area (Å²) < 4.78 is 43.2. The lowest BCUT2D eigenvalue weighted by Gasteiger charge is -2.27. The fourth-order valence-corrected chi connectivity index (χ4v) is 2.70. The minimum atomic E-state index is -4.65. The van der Waals surface area contributed by atoms with Gasteiger partial charge in [-0.1, -0.05) is 5.16 Å². The van der Waals surface area contributed by atoms with Crippen molar-refractivity contribution >= 4 is 0 Å². The van der Waals surface area contributed by atoms with Gasteiger partial charge in [-0.2, -0.15) is 13.2 Å². The van der Waals surface area contributed by atoms with Crippen LogP contribution in [0, 0.1) is 13.8 Å². The van der Waals surface area contributed by atoms with E-state index in [0.29, 0.717) is 25.3 Å². The van der Waals surface area contributed by atoms with Gasteiger partial charge < -0.3 is 9.51 Å². The van der Waals surface area contributed by atoms with Crippen molar-refractivity contribution in [1.29, 1.82) is 0 Å². The summed E-state index contributed by atoms with van der Waals surface area (Å²) in [6.07, 6.45) is -4.35. The highest BCUT2D eigenvalue weighted by molar-refractivity contribution is 5.24. The second kappa shape index (κ2) is 5.48. The summed E-state index contributed by atoms with van der Waals surface area (Å²) in [5, 5.41) is 3.88. The van der Waals surface area contributed by atoms with Crippen LogP contribution in [0.5, 0.6) is 0 Å². The van der Waals surface area contributed by atoms with Crippen molar-refractivity contribution in [3.63, 3.8) is 0 Å². The molecule has 3 heterocycles. The van der Waals surface area contributed by atoms with Crippen LogP contribution in [-0.4, -0.2) is 26.6 Å². The van der Waals surface area contributed by atoms with E-state index >= 15 is 0 Å². The van der Waals surface area contributed by atoms with E-state index in [1.165, 1.54) is 0 Å². The van der Waals surface area contributed by atoms with Crippen molar-refractivity contribution in [3.05, 3.63) is 44.5 Å². The molecule has 0 bridgehead atoms. The Morgan fingerprint density at radius 1 is 1.35 bits per heavy atom. The molecule has 3 rings (SSSR count). The highest BCUT2D eigenvalue weighted by atomic mass is 19.4. The van der Waals surface area contributed by atoms with E-state index < -0.39 is 17.6 Å². The topological polar surface area (TPSA) is 75.0 Å². The third-order valence-electron chi connectivity index (χ3n) is 3.98. The zero-order valence-electron chi connectivity index (χ0n) is 12.6. The van der Waals surface area contributed by atoms with Crippen molar-refractivity contribution in [1.82, 2.24) is 20.0 Å². The van der Waals surface area contributed by atoms with Gasteiger partial charge in [0.25, 0.3) is 5.56 Å². The number of hydrogen-bond donors (Lipinski definition) is 1. The number of aromatic amines is 1. The number of rotatable bonds is 2. The van der Waals surface area contributed by atoms with Crippen LogP contribution in [-0.2, 0) is 25.7 Å². The molecular formula is C14H15F3N4O2. The molecule has 1 aliphatic heterocycles. The maximum Gasteiger partial charge on any atom is 0.449 e. The average Bonchev–Trinajstić information content (AvgIpc) is 2.78. The van der Waals surface area contributed by atoms with Crippen LogP contribution in [0.3, 0.4) is 0 Å². The molecule has 2 aromatic heterocycles. The van der Waals surface area contributed by atoms with Crippen LogP contribution in [0.2, 0.25) is 0 Å².